The van der Waals surface area contributed by atoms with Crippen LogP contribution in [-0.4, -0.2) is 6.54 Å². The van der Waals surface area contributed by atoms with Crippen molar-refractivity contribution in [2.45, 2.75) is 46.1 Å². The third-order valence-electron chi connectivity index (χ3n) is 3.51. The summed E-state index contributed by atoms with van der Waals surface area (Å²) < 4.78 is 2.53. The first kappa shape index (κ1) is 16.4. The van der Waals surface area contributed by atoms with Gasteiger partial charge in [-0.25, -0.2) is 0 Å². The van der Waals surface area contributed by atoms with Crippen LogP contribution in [0.2, 0.25) is 0 Å². The van der Waals surface area contributed by atoms with Crippen molar-refractivity contribution < 1.29 is 0 Å². The summed E-state index contributed by atoms with van der Waals surface area (Å²) in [4.78, 5) is 0. The molecule has 0 aliphatic rings. The van der Waals surface area contributed by atoms with E-state index >= 15 is 0 Å². The van der Waals surface area contributed by atoms with E-state index in [0.29, 0.717) is 6.04 Å². The summed E-state index contributed by atoms with van der Waals surface area (Å²) in [5.74, 6) is 0.809. The Bertz CT molecular complexity index is 364. The monoisotopic (exact) mass is 423 g/mol. The molecule has 0 bridgehead atoms. The predicted octanol–water partition coefficient (Wildman–Crippen LogP) is 5.53. The van der Waals surface area contributed by atoms with Crippen molar-refractivity contribution in [1.82, 2.24) is 5.32 Å². The Morgan fingerprint density at radius 1 is 1.22 bits per heavy atom. The maximum Gasteiger partial charge on any atom is 0.0333 e. The van der Waals surface area contributed by atoms with Gasteiger partial charge in [0, 0.05) is 14.1 Å². The molecule has 0 aliphatic heterocycles. The fourth-order valence-corrected chi connectivity index (χ4v) is 3.39. The molecular weight excluding hydrogens is 401 g/mol. The number of benzene rings is 1. The molecule has 0 aliphatic carbocycles. The van der Waals surface area contributed by atoms with Crippen LogP contribution in [0.15, 0.2) is 22.7 Å². The first-order valence-electron chi connectivity index (χ1n) is 6.80. The topological polar surface area (TPSA) is 12.0 Å². The Balaban J connectivity index is 2.92. The lowest BCUT2D eigenvalue weighted by atomic mass is 9.91. The van der Waals surface area contributed by atoms with Gasteiger partial charge in [-0.2, -0.15) is 0 Å². The molecule has 1 rings (SSSR count). The summed E-state index contributed by atoms with van der Waals surface area (Å²) in [5.41, 5.74) is 1.43. The highest BCUT2D eigenvalue weighted by Crippen LogP contribution is 2.30. The number of hydrogen-bond acceptors (Lipinski definition) is 1. The van der Waals surface area contributed by atoms with Crippen LogP contribution < -0.4 is 5.32 Å². The van der Waals surface area contributed by atoms with Gasteiger partial charge in [-0.05, 0) is 65.2 Å². The normalized spacial score (nSPS) is 13.0. The summed E-state index contributed by atoms with van der Waals surface area (Å²) in [6, 6.07) is 7.05. The number of rotatable bonds is 7. The zero-order valence-corrected chi connectivity index (χ0v) is 15.2. The van der Waals surface area contributed by atoms with Crippen molar-refractivity contribution in [2.75, 3.05) is 6.54 Å². The Morgan fingerprint density at radius 3 is 2.44 bits per heavy atom. The van der Waals surface area contributed by atoms with Crippen LogP contribution in [-0.2, 0) is 0 Å². The van der Waals surface area contributed by atoms with E-state index in [1.807, 2.05) is 0 Å². The van der Waals surface area contributed by atoms with Gasteiger partial charge in [0.25, 0.3) is 0 Å². The van der Waals surface area contributed by atoms with Gasteiger partial charge >= 0.3 is 0 Å². The molecule has 18 heavy (non-hydrogen) atoms. The van der Waals surface area contributed by atoms with Crippen LogP contribution in [0.4, 0.5) is 0 Å². The predicted molar refractivity (Wildman–Crippen MR) is 92.0 cm³/mol. The molecule has 0 radical (unpaired) electrons. The van der Waals surface area contributed by atoms with Gasteiger partial charge < -0.3 is 5.32 Å². The highest BCUT2D eigenvalue weighted by molar-refractivity contribution is 14.1. The third kappa shape index (κ3) is 4.82. The van der Waals surface area contributed by atoms with Gasteiger partial charge in [0.15, 0.2) is 0 Å². The lowest BCUT2D eigenvalue weighted by Crippen LogP contribution is -2.24. The first-order valence-corrected chi connectivity index (χ1v) is 8.67. The minimum atomic E-state index is 0.476. The zero-order valence-electron chi connectivity index (χ0n) is 11.5. The fraction of sp³-hybridized carbons (Fsp3) is 0.600. The van der Waals surface area contributed by atoms with Gasteiger partial charge in [0.2, 0.25) is 0 Å². The molecule has 0 saturated heterocycles. The minimum absolute atomic E-state index is 0.476. The third-order valence-corrected chi connectivity index (χ3v) is 4.98. The van der Waals surface area contributed by atoms with Crippen LogP contribution in [0.25, 0.3) is 0 Å². The van der Waals surface area contributed by atoms with Crippen molar-refractivity contribution in [3.8, 4) is 0 Å². The summed E-state index contributed by atoms with van der Waals surface area (Å²) in [6.07, 6.45) is 3.76. The molecule has 0 heterocycles. The smallest absolute Gasteiger partial charge is 0.0333 e. The molecule has 1 N–H and O–H groups in total. The first-order chi connectivity index (χ1) is 8.62. The van der Waals surface area contributed by atoms with E-state index < -0.39 is 0 Å². The Hall–Kier alpha value is 0.390. The van der Waals surface area contributed by atoms with Crippen LogP contribution in [0.5, 0.6) is 0 Å². The lowest BCUT2D eigenvalue weighted by Gasteiger charge is -2.24. The van der Waals surface area contributed by atoms with E-state index in [0.717, 1.165) is 12.5 Å². The van der Waals surface area contributed by atoms with Crippen molar-refractivity contribution in [1.29, 1.82) is 0 Å². The highest BCUT2D eigenvalue weighted by atomic mass is 127. The van der Waals surface area contributed by atoms with Crippen LogP contribution in [0.3, 0.4) is 0 Å². The maximum atomic E-state index is 3.64. The fourth-order valence-electron chi connectivity index (χ4n) is 2.30. The van der Waals surface area contributed by atoms with E-state index in [1.54, 1.807) is 0 Å². The van der Waals surface area contributed by atoms with Crippen molar-refractivity contribution >= 4 is 38.5 Å². The average Bonchev–Trinajstić information content (AvgIpc) is 2.37. The standard InChI is InChI=1S/C15H23BrIN/c1-4-11(5-2)9-15(18-6-3)13-10-12(16)7-8-14(13)17/h7-8,10-11,15,18H,4-6,9H2,1-3H3. The molecule has 0 saturated carbocycles. The quantitative estimate of drug-likeness (QED) is 0.568. The van der Waals surface area contributed by atoms with E-state index in [2.05, 4.69) is 82.8 Å². The molecule has 102 valence electrons. The van der Waals surface area contributed by atoms with Gasteiger partial charge in [-0.15, -0.1) is 0 Å². The number of nitrogens with one attached hydrogen (secondary N) is 1. The second kappa shape index (κ2) is 8.54. The SMILES string of the molecule is CCNC(CC(CC)CC)c1cc(Br)ccc1I. The summed E-state index contributed by atoms with van der Waals surface area (Å²) in [7, 11) is 0. The second-order valence-electron chi connectivity index (χ2n) is 4.69. The molecule has 0 fully saturated rings. The van der Waals surface area contributed by atoms with Crippen LogP contribution in [0.1, 0.15) is 51.6 Å². The Kier molecular flexibility index (Phi) is 7.80. The summed E-state index contributed by atoms with van der Waals surface area (Å²) >= 11 is 6.03. The van der Waals surface area contributed by atoms with Crippen molar-refractivity contribution in [3.05, 3.63) is 31.8 Å². The number of halogens is 2. The molecule has 1 unspecified atom stereocenters. The number of hydrogen-bond donors (Lipinski definition) is 1. The molecule has 1 atom stereocenters. The largest absolute Gasteiger partial charge is 0.310 e. The molecule has 0 aromatic heterocycles. The molecule has 1 aromatic rings. The molecule has 0 spiro atoms. The van der Waals surface area contributed by atoms with Gasteiger partial charge in [0.1, 0.15) is 0 Å². The Labute approximate surface area is 133 Å². The van der Waals surface area contributed by atoms with E-state index in [9.17, 15) is 0 Å². The van der Waals surface area contributed by atoms with E-state index in [-0.39, 0.29) is 0 Å². The summed E-state index contributed by atoms with van der Waals surface area (Å²) in [5, 5.41) is 3.64. The highest BCUT2D eigenvalue weighted by Gasteiger charge is 2.17. The molecule has 1 aromatic carbocycles. The van der Waals surface area contributed by atoms with E-state index in [4.69, 9.17) is 0 Å². The van der Waals surface area contributed by atoms with Crippen LogP contribution in [0, 0.1) is 9.49 Å². The minimum Gasteiger partial charge on any atom is -0.310 e. The molecule has 3 heteroatoms. The summed E-state index contributed by atoms with van der Waals surface area (Å²) in [6.45, 7) is 7.80. The maximum absolute atomic E-state index is 3.64. The molecule has 1 nitrogen and oxygen atoms in total. The van der Waals surface area contributed by atoms with Gasteiger partial charge in [-0.1, -0.05) is 49.5 Å². The van der Waals surface area contributed by atoms with Crippen molar-refractivity contribution in [3.63, 3.8) is 0 Å². The lowest BCUT2D eigenvalue weighted by molar-refractivity contribution is 0.374. The van der Waals surface area contributed by atoms with E-state index in [1.165, 1.54) is 32.9 Å². The van der Waals surface area contributed by atoms with Gasteiger partial charge in [-0.3, -0.25) is 0 Å². The Morgan fingerprint density at radius 2 is 1.89 bits per heavy atom. The van der Waals surface area contributed by atoms with Crippen molar-refractivity contribution in [2.24, 2.45) is 5.92 Å². The van der Waals surface area contributed by atoms with Gasteiger partial charge in [0.05, 0.1) is 0 Å². The molecular formula is C15H23BrIN. The van der Waals surface area contributed by atoms with Crippen LogP contribution >= 0.6 is 38.5 Å². The zero-order chi connectivity index (χ0) is 13.5. The average molecular weight is 424 g/mol. The second-order valence-corrected chi connectivity index (χ2v) is 6.77. The molecule has 0 amide bonds.